The second kappa shape index (κ2) is 4.61. The second-order valence-electron chi connectivity index (χ2n) is 2.52. The Bertz CT molecular complexity index is 342. The van der Waals surface area contributed by atoms with E-state index < -0.39 is 0 Å². The predicted octanol–water partition coefficient (Wildman–Crippen LogP) is 0.589. The maximum Gasteiger partial charge on any atom is 0.171 e. The number of nitrogens with two attached hydrogens (primary N) is 1. The number of hydrogen-bond acceptors (Lipinski definition) is 4. The van der Waals surface area contributed by atoms with Gasteiger partial charge in [-0.2, -0.15) is 0 Å². The van der Waals surface area contributed by atoms with Gasteiger partial charge in [-0.1, -0.05) is 0 Å². The zero-order valence-electron chi connectivity index (χ0n) is 8.00. The molecule has 0 bridgehead atoms. The summed E-state index contributed by atoms with van der Waals surface area (Å²) in [5, 5.41) is 6.10. The van der Waals surface area contributed by atoms with Crippen LogP contribution in [0.25, 0.3) is 0 Å². The summed E-state index contributed by atoms with van der Waals surface area (Å²) in [4.78, 5) is 4.03. The largest absolute Gasteiger partial charge is 0.496 e. The smallest absolute Gasteiger partial charge is 0.171 e. The number of aromatic nitrogens is 1. The van der Waals surface area contributed by atoms with Gasteiger partial charge in [0.25, 0.3) is 0 Å². The monoisotopic (exact) mass is 212 g/mol. The lowest BCUT2D eigenvalue weighted by Gasteiger charge is -2.08. The van der Waals surface area contributed by atoms with Crippen molar-refractivity contribution in [1.29, 1.82) is 0 Å². The highest BCUT2D eigenvalue weighted by molar-refractivity contribution is 7.80. The third-order valence-corrected chi connectivity index (χ3v) is 1.83. The van der Waals surface area contributed by atoms with Crippen LogP contribution in [0.4, 0.5) is 11.6 Å². The zero-order valence-corrected chi connectivity index (χ0v) is 8.81. The highest BCUT2D eigenvalue weighted by atomic mass is 32.1. The number of hydrogen-bond donors (Lipinski definition) is 3. The summed E-state index contributed by atoms with van der Waals surface area (Å²) in [5.74, 6) is 1.57. The van der Waals surface area contributed by atoms with Gasteiger partial charge in [-0.3, -0.25) is 0 Å². The van der Waals surface area contributed by atoms with Gasteiger partial charge in [-0.15, -0.1) is 0 Å². The first-order chi connectivity index (χ1) is 6.65. The Hall–Kier alpha value is -1.56. The highest BCUT2D eigenvalue weighted by Crippen LogP contribution is 2.18. The molecule has 76 valence electrons. The van der Waals surface area contributed by atoms with E-state index >= 15 is 0 Å². The van der Waals surface area contributed by atoms with Crippen molar-refractivity contribution in [2.24, 2.45) is 0 Å². The molecule has 0 unspecified atom stereocenters. The van der Waals surface area contributed by atoms with E-state index in [1.807, 2.05) is 0 Å². The minimum atomic E-state index is 0.380. The maximum absolute atomic E-state index is 5.56. The third kappa shape index (κ3) is 2.74. The van der Waals surface area contributed by atoms with Crippen LogP contribution < -0.4 is 21.1 Å². The van der Waals surface area contributed by atoms with Crippen LogP contribution in [0.1, 0.15) is 0 Å². The fraction of sp³-hybridized carbons (Fsp3) is 0.250. The van der Waals surface area contributed by atoms with Crippen LogP contribution in [-0.4, -0.2) is 24.3 Å². The Morgan fingerprint density at radius 3 is 2.86 bits per heavy atom. The summed E-state index contributed by atoms with van der Waals surface area (Å²) in [6.07, 6.45) is 0. The minimum absolute atomic E-state index is 0.380. The van der Waals surface area contributed by atoms with Crippen molar-refractivity contribution < 1.29 is 4.74 Å². The van der Waals surface area contributed by atoms with Crippen molar-refractivity contribution in [2.45, 2.75) is 0 Å². The fourth-order valence-corrected chi connectivity index (χ4v) is 0.991. The fourth-order valence-electron chi connectivity index (χ4n) is 0.887. The van der Waals surface area contributed by atoms with E-state index in [1.165, 1.54) is 0 Å². The van der Waals surface area contributed by atoms with Gasteiger partial charge in [-0.05, 0) is 12.2 Å². The minimum Gasteiger partial charge on any atom is -0.496 e. The van der Waals surface area contributed by atoms with Crippen LogP contribution in [0.5, 0.6) is 5.75 Å². The molecule has 1 aromatic heterocycles. The molecule has 0 radical (unpaired) electrons. The van der Waals surface area contributed by atoms with Gasteiger partial charge < -0.3 is 21.1 Å². The summed E-state index contributed by atoms with van der Waals surface area (Å²) in [5.41, 5.74) is 5.56. The van der Waals surface area contributed by atoms with E-state index in [1.54, 1.807) is 26.3 Å². The molecular formula is C8H12N4OS. The van der Waals surface area contributed by atoms with E-state index in [4.69, 9.17) is 22.7 Å². The maximum atomic E-state index is 5.56. The van der Waals surface area contributed by atoms with Gasteiger partial charge in [0.15, 0.2) is 5.11 Å². The van der Waals surface area contributed by atoms with Crippen molar-refractivity contribution in [1.82, 2.24) is 10.3 Å². The molecule has 1 heterocycles. The lowest BCUT2D eigenvalue weighted by molar-refractivity contribution is 0.415. The first kappa shape index (κ1) is 10.5. The van der Waals surface area contributed by atoms with Crippen molar-refractivity contribution in [3.63, 3.8) is 0 Å². The molecule has 1 rings (SSSR count). The van der Waals surface area contributed by atoms with E-state index in [9.17, 15) is 0 Å². The molecule has 0 aromatic carbocycles. The van der Waals surface area contributed by atoms with Crippen molar-refractivity contribution in [3.8, 4) is 5.75 Å². The van der Waals surface area contributed by atoms with Crippen molar-refractivity contribution in [3.05, 3.63) is 12.1 Å². The Balaban J connectivity index is 2.86. The predicted molar refractivity (Wildman–Crippen MR) is 60.5 cm³/mol. The highest BCUT2D eigenvalue weighted by Gasteiger charge is 2.01. The van der Waals surface area contributed by atoms with Crippen LogP contribution in [0.2, 0.25) is 0 Å². The second-order valence-corrected chi connectivity index (χ2v) is 2.93. The molecule has 0 saturated carbocycles. The van der Waals surface area contributed by atoms with E-state index in [-0.39, 0.29) is 0 Å². The number of rotatable bonds is 2. The Kier molecular flexibility index (Phi) is 3.47. The first-order valence-corrected chi connectivity index (χ1v) is 4.37. The number of anilines is 2. The Morgan fingerprint density at radius 2 is 2.29 bits per heavy atom. The summed E-state index contributed by atoms with van der Waals surface area (Å²) < 4.78 is 5.03. The van der Waals surface area contributed by atoms with Gasteiger partial charge in [0.05, 0.1) is 7.11 Å². The number of ether oxygens (including phenoxy) is 1. The van der Waals surface area contributed by atoms with Crippen LogP contribution >= 0.6 is 12.2 Å². The number of nitrogen functional groups attached to an aromatic ring is 1. The van der Waals surface area contributed by atoms with E-state index in [0.29, 0.717) is 22.5 Å². The average Bonchev–Trinajstić information content (AvgIpc) is 2.16. The topological polar surface area (TPSA) is 72.2 Å². The zero-order chi connectivity index (χ0) is 10.6. The number of nitrogens with one attached hydrogen (secondary N) is 2. The molecule has 0 aliphatic rings. The summed E-state index contributed by atoms with van der Waals surface area (Å²) in [6.45, 7) is 0. The number of pyridine rings is 1. The molecule has 0 atom stereocenters. The Labute approximate surface area is 87.7 Å². The molecule has 1 aromatic rings. The van der Waals surface area contributed by atoms with Crippen LogP contribution in [0, 0.1) is 0 Å². The van der Waals surface area contributed by atoms with Gasteiger partial charge in [0.2, 0.25) is 0 Å². The standard InChI is InChI=1S/C8H12N4OS/c1-10-8(14)12-7-4-5(13-2)3-6(9)11-7/h3-4H,1-2H3,(H4,9,10,11,12,14). The molecule has 0 saturated heterocycles. The molecular weight excluding hydrogens is 200 g/mol. The third-order valence-electron chi connectivity index (χ3n) is 1.52. The molecule has 4 N–H and O–H groups in total. The van der Waals surface area contributed by atoms with Gasteiger partial charge in [-0.25, -0.2) is 4.98 Å². The first-order valence-electron chi connectivity index (χ1n) is 3.96. The molecule has 0 aliphatic carbocycles. The summed E-state index contributed by atoms with van der Waals surface area (Å²) >= 11 is 4.92. The SMILES string of the molecule is CNC(=S)Nc1cc(OC)cc(N)n1. The van der Waals surface area contributed by atoms with Crippen LogP contribution in [0.15, 0.2) is 12.1 Å². The quantitative estimate of drug-likeness (QED) is 0.623. The lowest BCUT2D eigenvalue weighted by Crippen LogP contribution is -2.24. The number of methoxy groups -OCH3 is 1. The van der Waals surface area contributed by atoms with Crippen LogP contribution in [-0.2, 0) is 0 Å². The normalized spacial score (nSPS) is 9.29. The van der Waals surface area contributed by atoms with Gasteiger partial charge in [0.1, 0.15) is 17.4 Å². The summed E-state index contributed by atoms with van der Waals surface area (Å²) in [7, 11) is 3.29. The van der Waals surface area contributed by atoms with E-state index in [2.05, 4.69) is 15.6 Å². The van der Waals surface area contributed by atoms with Gasteiger partial charge in [0, 0.05) is 19.2 Å². The molecule has 0 fully saturated rings. The molecule has 0 spiro atoms. The molecule has 0 amide bonds. The Morgan fingerprint density at radius 1 is 1.57 bits per heavy atom. The summed E-state index contributed by atoms with van der Waals surface area (Å²) in [6, 6.07) is 3.34. The number of nitrogens with zero attached hydrogens (tertiary/aromatic N) is 1. The van der Waals surface area contributed by atoms with Crippen molar-refractivity contribution >= 4 is 29.0 Å². The van der Waals surface area contributed by atoms with Crippen LogP contribution in [0.3, 0.4) is 0 Å². The lowest BCUT2D eigenvalue weighted by atomic mass is 10.4. The van der Waals surface area contributed by atoms with E-state index in [0.717, 1.165) is 0 Å². The molecule has 6 heteroatoms. The molecule has 0 aliphatic heterocycles. The number of thiocarbonyl (C=S) groups is 1. The molecule has 5 nitrogen and oxygen atoms in total. The average molecular weight is 212 g/mol. The van der Waals surface area contributed by atoms with Gasteiger partial charge >= 0.3 is 0 Å². The van der Waals surface area contributed by atoms with Crippen molar-refractivity contribution in [2.75, 3.05) is 25.2 Å². The molecule has 14 heavy (non-hydrogen) atoms.